The topological polar surface area (TPSA) is 55.1 Å². The van der Waals surface area contributed by atoms with Crippen LogP contribution in [0.5, 0.6) is 0 Å². The maximum Gasteiger partial charge on any atom is 0.252 e. The highest BCUT2D eigenvalue weighted by Gasteiger charge is 2.14. The molecule has 3 N–H and O–H groups in total. The first kappa shape index (κ1) is 21.7. The molecule has 0 aliphatic carbocycles. The molecule has 0 bridgehead atoms. The largest absolute Gasteiger partial charge is 0.399 e. The number of benzene rings is 2. The Balaban J connectivity index is 0.00000136. The van der Waals surface area contributed by atoms with Gasteiger partial charge in [-0.15, -0.1) is 11.3 Å². The van der Waals surface area contributed by atoms with Crippen molar-refractivity contribution in [3.8, 4) is 10.4 Å². The fourth-order valence-corrected chi connectivity index (χ4v) is 3.87. The minimum atomic E-state index is -0.0999. The van der Waals surface area contributed by atoms with Crippen LogP contribution in [-0.4, -0.2) is 5.91 Å². The van der Waals surface area contributed by atoms with Gasteiger partial charge < -0.3 is 11.1 Å². The second kappa shape index (κ2) is 10.1. The molecule has 1 amide bonds. The molecule has 3 nitrogen and oxygen atoms in total. The molecule has 0 radical (unpaired) electrons. The molecule has 0 aliphatic rings. The van der Waals surface area contributed by atoms with Crippen LogP contribution in [-0.2, 0) is 6.42 Å². The predicted molar refractivity (Wildman–Crippen MR) is 122 cm³/mol. The summed E-state index contributed by atoms with van der Waals surface area (Å²) in [6.07, 6.45) is 1.05. The smallest absolute Gasteiger partial charge is 0.252 e. The van der Waals surface area contributed by atoms with Crippen molar-refractivity contribution in [2.45, 2.75) is 47.1 Å². The summed E-state index contributed by atoms with van der Waals surface area (Å²) in [5.41, 5.74) is 10.2. The number of aryl methyl sites for hydroxylation is 2. The molecular weight excluding hydrogens is 364 g/mol. The lowest BCUT2D eigenvalue weighted by Gasteiger charge is -2.16. The number of carbonyl (C=O) groups excluding carboxylic acids is 1. The van der Waals surface area contributed by atoms with Gasteiger partial charge in [0.25, 0.3) is 5.91 Å². The van der Waals surface area contributed by atoms with E-state index in [9.17, 15) is 4.79 Å². The maximum absolute atomic E-state index is 12.6. The van der Waals surface area contributed by atoms with Gasteiger partial charge in [-0.3, -0.25) is 4.79 Å². The van der Waals surface area contributed by atoms with E-state index in [4.69, 9.17) is 5.73 Å². The van der Waals surface area contributed by atoms with Crippen molar-refractivity contribution < 1.29 is 4.79 Å². The van der Waals surface area contributed by atoms with Crippen LogP contribution in [0.4, 0.5) is 5.69 Å². The lowest BCUT2D eigenvalue weighted by atomic mass is 10.0. The number of nitrogen functional groups attached to an aromatic ring is 1. The molecule has 3 rings (SSSR count). The van der Waals surface area contributed by atoms with Crippen molar-refractivity contribution in [2.75, 3.05) is 5.73 Å². The molecule has 2 aromatic carbocycles. The molecule has 148 valence electrons. The van der Waals surface area contributed by atoms with Crippen molar-refractivity contribution in [1.29, 1.82) is 0 Å². The van der Waals surface area contributed by atoms with E-state index in [1.165, 1.54) is 15.3 Å². The van der Waals surface area contributed by atoms with Crippen molar-refractivity contribution in [1.82, 2.24) is 5.32 Å². The summed E-state index contributed by atoms with van der Waals surface area (Å²) < 4.78 is 0. The molecule has 1 heterocycles. The zero-order chi connectivity index (χ0) is 20.7. The predicted octanol–water partition coefficient (Wildman–Crippen LogP) is 6.39. The Kier molecular flexibility index (Phi) is 7.82. The third-order valence-corrected chi connectivity index (χ3v) is 5.81. The van der Waals surface area contributed by atoms with Crippen molar-refractivity contribution in [2.24, 2.45) is 0 Å². The van der Waals surface area contributed by atoms with Gasteiger partial charge in [0, 0.05) is 21.0 Å². The second-order valence-corrected chi connectivity index (χ2v) is 7.68. The zero-order valence-corrected chi connectivity index (χ0v) is 18.2. The minimum absolute atomic E-state index is 0.0890. The van der Waals surface area contributed by atoms with Gasteiger partial charge in [0.05, 0.1) is 6.04 Å². The highest BCUT2D eigenvalue weighted by atomic mass is 32.1. The van der Waals surface area contributed by atoms with E-state index in [2.05, 4.69) is 42.6 Å². The van der Waals surface area contributed by atoms with Crippen molar-refractivity contribution >= 4 is 22.9 Å². The van der Waals surface area contributed by atoms with E-state index >= 15 is 0 Å². The van der Waals surface area contributed by atoms with Crippen molar-refractivity contribution in [3.63, 3.8) is 0 Å². The Hall–Kier alpha value is -2.59. The van der Waals surface area contributed by atoms with Crippen LogP contribution in [0.3, 0.4) is 0 Å². The third-order valence-electron chi connectivity index (χ3n) is 4.54. The summed E-state index contributed by atoms with van der Waals surface area (Å²) in [5, 5.41) is 3.08. The van der Waals surface area contributed by atoms with E-state index in [1.807, 2.05) is 57.2 Å². The summed E-state index contributed by atoms with van der Waals surface area (Å²) >= 11 is 1.82. The monoisotopic (exact) mass is 394 g/mol. The Labute approximate surface area is 172 Å². The Bertz CT molecular complexity index is 930. The van der Waals surface area contributed by atoms with E-state index in [-0.39, 0.29) is 11.9 Å². The average Bonchev–Trinajstić information content (AvgIpc) is 3.20. The molecule has 4 heteroatoms. The number of anilines is 1. The van der Waals surface area contributed by atoms with Crippen molar-refractivity contribution in [3.05, 3.63) is 76.2 Å². The van der Waals surface area contributed by atoms with Gasteiger partial charge in [0.1, 0.15) is 0 Å². The van der Waals surface area contributed by atoms with Crippen LogP contribution in [0, 0.1) is 6.92 Å². The second-order valence-electron chi connectivity index (χ2n) is 6.51. The first-order valence-electron chi connectivity index (χ1n) is 9.84. The first-order chi connectivity index (χ1) is 13.5. The lowest BCUT2D eigenvalue weighted by Crippen LogP contribution is -2.27. The summed E-state index contributed by atoms with van der Waals surface area (Å²) in [7, 11) is 0. The molecule has 0 saturated carbocycles. The number of carbonyl (C=O) groups is 1. The molecule has 0 aliphatic heterocycles. The van der Waals surface area contributed by atoms with E-state index < -0.39 is 0 Å². The number of nitrogens with two attached hydrogens (primary N) is 1. The third kappa shape index (κ3) is 5.23. The fourth-order valence-electron chi connectivity index (χ4n) is 2.93. The Morgan fingerprint density at radius 3 is 2.54 bits per heavy atom. The van der Waals surface area contributed by atoms with Gasteiger partial charge in [0.2, 0.25) is 0 Å². The normalized spacial score (nSPS) is 11.3. The quantitative estimate of drug-likeness (QED) is 0.493. The molecule has 1 aromatic heterocycles. The van der Waals surface area contributed by atoms with Gasteiger partial charge in [0.15, 0.2) is 0 Å². The highest BCUT2D eigenvalue weighted by Crippen LogP contribution is 2.30. The van der Waals surface area contributed by atoms with E-state index in [0.29, 0.717) is 11.3 Å². The molecule has 28 heavy (non-hydrogen) atoms. The Morgan fingerprint density at radius 2 is 1.86 bits per heavy atom. The van der Waals surface area contributed by atoms with Gasteiger partial charge in [-0.2, -0.15) is 0 Å². The number of hydrogen-bond acceptors (Lipinski definition) is 3. The van der Waals surface area contributed by atoms with E-state index in [0.717, 1.165) is 17.5 Å². The summed E-state index contributed by atoms with van der Waals surface area (Å²) in [5.74, 6) is -0.0999. The van der Waals surface area contributed by atoms with Crippen LogP contribution in [0.1, 0.15) is 60.1 Å². The lowest BCUT2D eigenvalue weighted by molar-refractivity contribution is 0.0939. The number of nitrogens with one attached hydrogen (secondary N) is 1. The van der Waals surface area contributed by atoms with Gasteiger partial charge in [-0.05, 0) is 67.3 Å². The summed E-state index contributed by atoms with van der Waals surface area (Å²) in [4.78, 5) is 15.3. The standard InChI is InChI=1S/C22H24N2OS.C2H6/c1-4-19-10-11-21(26-19)17-7-5-6-16(12-17)15(3)24-22(25)20-13-18(23)9-8-14(20)2;1-2/h5-13,15H,4,23H2,1-3H3,(H,24,25);1-2H3/t15-;/m1./s1. The van der Waals surface area contributed by atoms with Gasteiger partial charge >= 0.3 is 0 Å². The van der Waals surface area contributed by atoms with Crippen LogP contribution in [0.15, 0.2) is 54.6 Å². The van der Waals surface area contributed by atoms with E-state index in [1.54, 1.807) is 6.07 Å². The molecule has 0 spiro atoms. The number of thiophene rings is 1. The van der Waals surface area contributed by atoms with Crippen LogP contribution in [0.2, 0.25) is 0 Å². The summed E-state index contributed by atoms with van der Waals surface area (Å²) in [6, 6.07) is 18.0. The van der Waals surface area contributed by atoms with Crippen LogP contribution < -0.4 is 11.1 Å². The minimum Gasteiger partial charge on any atom is -0.399 e. The molecule has 1 atom stereocenters. The SMILES string of the molecule is CC.CCc1ccc(-c2cccc([C@@H](C)NC(=O)c3cc(N)ccc3C)c2)s1. The maximum atomic E-state index is 12.6. The first-order valence-corrected chi connectivity index (χ1v) is 10.7. The highest BCUT2D eigenvalue weighted by molar-refractivity contribution is 7.15. The van der Waals surface area contributed by atoms with Gasteiger partial charge in [-0.1, -0.05) is 45.0 Å². The van der Waals surface area contributed by atoms with Crippen LogP contribution >= 0.6 is 11.3 Å². The molecule has 0 unspecified atom stereocenters. The molecule has 0 fully saturated rings. The summed E-state index contributed by atoms with van der Waals surface area (Å²) in [6.45, 7) is 10.1. The van der Waals surface area contributed by atoms with Gasteiger partial charge in [-0.25, -0.2) is 0 Å². The number of hydrogen-bond donors (Lipinski definition) is 2. The van der Waals surface area contributed by atoms with Crippen LogP contribution in [0.25, 0.3) is 10.4 Å². The Morgan fingerprint density at radius 1 is 1.11 bits per heavy atom. The fraction of sp³-hybridized carbons (Fsp3) is 0.292. The molecule has 3 aromatic rings. The molecule has 0 saturated heterocycles. The average molecular weight is 395 g/mol. The number of amides is 1. The molecular formula is C24H30N2OS. The zero-order valence-electron chi connectivity index (χ0n) is 17.4. The number of rotatable bonds is 5.